The number of carboxylic acids is 1. The Kier molecular flexibility index (Phi) is 4.01. The predicted molar refractivity (Wildman–Crippen MR) is 71.9 cm³/mol. The van der Waals surface area contributed by atoms with E-state index in [9.17, 15) is 19.5 Å². The number of carbonyl (C=O) groups excluding carboxylic acids is 2. The van der Waals surface area contributed by atoms with Crippen molar-refractivity contribution in [2.24, 2.45) is 11.8 Å². The molecule has 0 aromatic rings. The standard InChI is InChI=1S/C14H22N2O4/c1-9(17)16-7-3-4-10(8-16)12(18)15-14(2,13(19)20)11-5-6-11/h10-11H,3-8H2,1-2H3,(H,15,18)(H,19,20). The van der Waals surface area contributed by atoms with E-state index in [1.807, 2.05) is 0 Å². The molecule has 0 spiro atoms. The SMILES string of the molecule is CC(=O)N1CCCC(C(=O)NC(C)(C(=O)O)C2CC2)C1. The molecule has 1 aliphatic carbocycles. The van der Waals surface area contributed by atoms with Crippen LogP contribution in [0.5, 0.6) is 0 Å². The Balaban J connectivity index is 2.00. The van der Waals surface area contributed by atoms with Crippen LogP contribution in [0.3, 0.4) is 0 Å². The van der Waals surface area contributed by atoms with Crippen LogP contribution < -0.4 is 5.32 Å². The van der Waals surface area contributed by atoms with Gasteiger partial charge in [-0.05, 0) is 38.5 Å². The summed E-state index contributed by atoms with van der Waals surface area (Å²) in [6, 6.07) is 0. The Bertz CT molecular complexity index is 433. The van der Waals surface area contributed by atoms with Gasteiger partial charge in [-0.1, -0.05) is 0 Å². The van der Waals surface area contributed by atoms with E-state index < -0.39 is 11.5 Å². The van der Waals surface area contributed by atoms with Crippen molar-refractivity contribution in [1.29, 1.82) is 0 Å². The maximum atomic E-state index is 12.3. The van der Waals surface area contributed by atoms with Gasteiger partial charge in [0, 0.05) is 20.0 Å². The zero-order valence-electron chi connectivity index (χ0n) is 12.0. The van der Waals surface area contributed by atoms with E-state index in [1.54, 1.807) is 11.8 Å². The summed E-state index contributed by atoms with van der Waals surface area (Å²) in [5, 5.41) is 12.1. The molecule has 2 aliphatic rings. The Labute approximate surface area is 118 Å². The van der Waals surface area contributed by atoms with Gasteiger partial charge in [-0.25, -0.2) is 4.79 Å². The summed E-state index contributed by atoms with van der Waals surface area (Å²) in [7, 11) is 0. The monoisotopic (exact) mass is 282 g/mol. The summed E-state index contributed by atoms with van der Waals surface area (Å²) in [5.74, 6) is -1.53. The van der Waals surface area contributed by atoms with Crippen molar-refractivity contribution in [3.05, 3.63) is 0 Å². The second-order valence-corrected chi connectivity index (χ2v) is 6.08. The second kappa shape index (κ2) is 5.42. The zero-order chi connectivity index (χ0) is 14.9. The van der Waals surface area contributed by atoms with Gasteiger partial charge in [0.05, 0.1) is 5.92 Å². The molecule has 2 rings (SSSR count). The van der Waals surface area contributed by atoms with Gasteiger partial charge in [-0.3, -0.25) is 9.59 Å². The molecular formula is C14H22N2O4. The number of nitrogens with one attached hydrogen (secondary N) is 1. The third kappa shape index (κ3) is 2.94. The first kappa shape index (κ1) is 14.8. The van der Waals surface area contributed by atoms with Crippen LogP contribution in [0.25, 0.3) is 0 Å². The highest BCUT2D eigenvalue weighted by Gasteiger charge is 2.49. The molecule has 1 heterocycles. The molecule has 2 fully saturated rings. The van der Waals surface area contributed by atoms with E-state index in [0.29, 0.717) is 19.5 Å². The van der Waals surface area contributed by atoms with Gasteiger partial charge in [0.1, 0.15) is 5.54 Å². The summed E-state index contributed by atoms with van der Waals surface area (Å²) in [6.07, 6.45) is 3.17. The van der Waals surface area contributed by atoms with Crippen LogP contribution in [-0.2, 0) is 14.4 Å². The van der Waals surface area contributed by atoms with Crippen LogP contribution in [-0.4, -0.2) is 46.4 Å². The van der Waals surface area contributed by atoms with Gasteiger partial charge in [0.25, 0.3) is 0 Å². The largest absolute Gasteiger partial charge is 0.480 e. The second-order valence-electron chi connectivity index (χ2n) is 6.08. The number of rotatable bonds is 4. The minimum atomic E-state index is -1.17. The average molecular weight is 282 g/mol. The van der Waals surface area contributed by atoms with E-state index in [-0.39, 0.29) is 23.7 Å². The minimum Gasteiger partial charge on any atom is -0.480 e. The van der Waals surface area contributed by atoms with Crippen LogP contribution >= 0.6 is 0 Å². The lowest BCUT2D eigenvalue weighted by atomic mass is 9.92. The lowest BCUT2D eigenvalue weighted by molar-refractivity contribution is -0.149. The Morgan fingerprint density at radius 2 is 1.90 bits per heavy atom. The third-order valence-electron chi connectivity index (χ3n) is 4.46. The summed E-state index contributed by atoms with van der Waals surface area (Å²) in [5.41, 5.74) is -1.17. The molecule has 6 heteroatoms. The van der Waals surface area contributed by atoms with Gasteiger partial charge >= 0.3 is 5.97 Å². The molecule has 112 valence electrons. The zero-order valence-corrected chi connectivity index (χ0v) is 12.0. The molecule has 6 nitrogen and oxygen atoms in total. The summed E-state index contributed by atoms with van der Waals surface area (Å²) < 4.78 is 0. The summed E-state index contributed by atoms with van der Waals surface area (Å²) >= 11 is 0. The quantitative estimate of drug-likeness (QED) is 0.791. The topological polar surface area (TPSA) is 86.7 Å². The Morgan fingerprint density at radius 3 is 2.40 bits per heavy atom. The van der Waals surface area contributed by atoms with Crippen molar-refractivity contribution in [3.8, 4) is 0 Å². The molecule has 0 bridgehead atoms. The third-order valence-corrected chi connectivity index (χ3v) is 4.46. The summed E-state index contributed by atoms with van der Waals surface area (Å²) in [4.78, 5) is 36.8. The fourth-order valence-corrected chi connectivity index (χ4v) is 2.83. The van der Waals surface area contributed by atoms with Crippen molar-refractivity contribution in [3.63, 3.8) is 0 Å². The van der Waals surface area contributed by atoms with E-state index in [2.05, 4.69) is 5.32 Å². The highest BCUT2D eigenvalue weighted by Crippen LogP contribution is 2.40. The van der Waals surface area contributed by atoms with Crippen molar-refractivity contribution < 1.29 is 19.5 Å². The molecule has 20 heavy (non-hydrogen) atoms. The van der Waals surface area contributed by atoms with Crippen molar-refractivity contribution in [1.82, 2.24) is 10.2 Å². The molecule has 0 aromatic carbocycles. The molecule has 2 atom stereocenters. The fraction of sp³-hybridized carbons (Fsp3) is 0.786. The molecular weight excluding hydrogens is 260 g/mol. The van der Waals surface area contributed by atoms with Crippen LogP contribution in [0.15, 0.2) is 0 Å². The number of hydrogen-bond donors (Lipinski definition) is 2. The van der Waals surface area contributed by atoms with Crippen molar-refractivity contribution in [2.45, 2.75) is 45.1 Å². The van der Waals surface area contributed by atoms with Gasteiger partial charge in [0.15, 0.2) is 0 Å². The van der Waals surface area contributed by atoms with Crippen molar-refractivity contribution in [2.75, 3.05) is 13.1 Å². The molecule has 1 aliphatic heterocycles. The number of hydrogen-bond acceptors (Lipinski definition) is 3. The first-order chi connectivity index (χ1) is 9.34. The number of carbonyl (C=O) groups is 3. The molecule has 1 saturated heterocycles. The number of amides is 2. The number of nitrogens with zero attached hydrogens (tertiary/aromatic N) is 1. The van der Waals surface area contributed by atoms with Crippen LogP contribution in [0, 0.1) is 11.8 Å². The van der Waals surface area contributed by atoms with E-state index in [4.69, 9.17) is 0 Å². The van der Waals surface area contributed by atoms with Gasteiger partial charge in [-0.2, -0.15) is 0 Å². The predicted octanol–water partition coefficient (Wildman–Crippen LogP) is 0.614. The highest BCUT2D eigenvalue weighted by molar-refractivity contribution is 5.88. The van der Waals surface area contributed by atoms with E-state index in [0.717, 1.165) is 19.3 Å². The van der Waals surface area contributed by atoms with Crippen LogP contribution in [0.2, 0.25) is 0 Å². The van der Waals surface area contributed by atoms with E-state index >= 15 is 0 Å². The van der Waals surface area contributed by atoms with Crippen LogP contribution in [0.1, 0.15) is 39.5 Å². The van der Waals surface area contributed by atoms with Gasteiger partial charge < -0.3 is 15.3 Å². The highest BCUT2D eigenvalue weighted by atomic mass is 16.4. The number of piperidine rings is 1. The van der Waals surface area contributed by atoms with Crippen molar-refractivity contribution >= 4 is 17.8 Å². The first-order valence-corrected chi connectivity index (χ1v) is 7.15. The Morgan fingerprint density at radius 1 is 1.25 bits per heavy atom. The average Bonchev–Trinajstić information content (AvgIpc) is 3.23. The molecule has 2 unspecified atom stereocenters. The first-order valence-electron chi connectivity index (χ1n) is 7.15. The number of carboxylic acid groups (broad SMARTS) is 1. The number of likely N-dealkylation sites (tertiary alicyclic amines) is 1. The normalized spacial score (nSPS) is 25.7. The molecule has 2 amide bonds. The lowest BCUT2D eigenvalue weighted by Crippen LogP contribution is -2.57. The number of aliphatic carboxylic acids is 1. The molecule has 1 saturated carbocycles. The smallest absolute Gasteiger partial charge is 0.329 e. The molecule has 0 radical (unpaired) electrons. The fourth-order valence-electron chi connectivity index (χ4n) is 2.83. The van der Waals surface area contributed by atoms with Gasteiger partial charge in [0.2, 0.25) is 11.8 Å². The molecule has 2 N–H and O–H groups in total. The lowest BCUT2D eigenvalue weighted by Gasteiger charge is -2.34. The summed E-state index contributed by atoms with van der Waals surface area (Å²) in [6.45, 7) is 4.14. The maximum absolute atomic E-state index is 12.3. The molecule has 0 aromatic heterocycles. The maximum Gasteiger partial charge on any atom is 0.329 e. The Hall–Kier alpha value is -1.59. The minimum absolute atomic E-state index is 0.0245. The van der Waals surface area contributed by atoms with Crippen LogP contribution in [0.4, 0.5) is 0 Å². The van der Waals surface area contributed by atoms with E-state index in [1.165, 1.54) is 6.92 Å². The van der Waals surface area contributed by atoms with Gasteiger partial charge in [-0.15, -0.1) is 0 Å².